The Morgan fingerprint density at radius 3 is 2.40 bits per heavy atom. The zero-order chi connectivity index (χ0) is 14.8. The predicted molar refractivity (Wildman–Crippen MR) is 87.5 cm³/mol. The zero-order valence-electron chi connectivity index (χ0n) is 13.6. The van der Waals surface area contributed by atoms with Crippen molar-refractivity contribution in [3.8, 4) is 0 Å². The summed E-state index contributed by atoms with van der Waals surface area (Å²) in [6, 6.07) is 0.652. The second kappa shape index (κ2) is 6.54. The highest BCUT2D eigenvalue weighted by Gasteiger charge is 2.38. The van der Waals surface area contributed by atoms with Crippen molar-refractivity contribution in [2.24, 2.45) is 0 Å². The Morgan fingerprint density at radius 2 is 1.95 bits per heavy atom. The standard InChI is InChI=1S/C16H29N3S/c1-6-14-13(5)20-15(18-14)16(17-7-2)8-10-19(11-9-16)12(3)4/h12,17H,6-11H2,1-5H3. The second-order valence-electron chi connectivity index (χ2n) is 6.12. The molecule has 1 aromatic rings. The number of rotatable bonds is 5. The Bertz CT molecular complexity index is 431. The van der Waals surface area contributed by atoms with E-state index in [0.29, 0.717) is 6.04 Å². The first-order valence-electron chi connectivity index (χ1n) is 7.98. The molecule has 0 unspecified atom stereocenters. The lowest BCUT2D eigenvalue weighted by atomic mass is 9.87. The van der Waals surface area contributed by atoms with E-state index in [1.165, 1.54) is 41.5 Å². The first kappa shape index (κ1) is 15.9. The molecule has 1 aromatic heterocycles. The van der Waals surface area contributed by atoms with Crippen molar-refractivity contribution < 1.29 is 0 Å². The van der Waals surface area contributed by atoms with Gasteiger partial charge < -0.3 is 10.2 Å². The van der Waals surface area contributed by atoms with Crippen LogP contribution in [0.15, 0.2) is 0 Å². The lowest BCUT2D eigenvalue weighted by molar-refractivity contribution is 0.110. The third-order valence-electron chi connectivity index (χ3n) is 4.53. The number of thiazole rings is 1. The van der Waals surface area contributed by atoms with Gasteiger partial charge in [-0.05, 0) is 46.6 Å². The van der Waals surface area contributed by atoms with Crippen molar-refractivity contribution in [1.29, 1.82) is 0 Å². The van der Waals surface area contributed by atoms with Gasteiger partial charge in [-0.15, -0.1) is 11.3 Å². The normalized spacial score (nSPS) is 19.7. The summed E-state index contributed by atoms with van der Waals surface area (Å²) in [5, 5.41) is 5.08. The number of nitrogens with zero attached hydrogens (tertiary/aromatic N) is 2. The molecule has 20 heavy (non-hydrogen) atoms. The van der Waals surface area contributed by atoms with Crippen LogP contribution in [0.2, 0.25) is 0 Å². The largest absolute Gasteiger partial charge is 0.306 e. The molecule has 1 aliphatic rings. The van der Waals surface area contributed by atoms with E-state index in [1.807, 2.05) is 11.3 Å². The monoisotopic (exact) mass is 295 g/mol. The van der Waals surface area contributed by atoms with Gasteiger partial charge in [0.15, 0.2) is 0 Å². The number of aromatic nitrogens is 1. The Kier molecular flexibility index (Phi) is 5.21. The van der Waals surface area contributed by atoms with Crippen molar-refractivity contribution in [3.05, 3.63) is 15.6 Å². The van der Waals surface area contributed by atoms with Gasteiger partial charge in [0, 0.05) is 24.0 Å². The number of piperidine rings is 1. The van der Waals surface area contributed by atoms with Crippen LogP contribution in [0.3, 0.4) is 0 Å². The molecule has 4 heteroatoms. The number of aryl methyl sites for hydroxylation is 2. The highest BCUT2D eigenvalue weighted by atomic mass is 32.1. The molecule has 3 nitrogen and oxygen atoms in total. The van der Waals surface area contributed by atoms with Crippen molar-refractivity contribution >= 4 is 11.3 Å². The fourth-order valence-electron chi connectivity index (χ4n) is 3.19. The molecule has 0 spiro atoms. The highest BCUT2D eigenvalue weighted by Crippen LogP contribution is 2.37. The van der Waals surface area contributed by atoms with Crippen LogP contribution in [0.25, 0.3) is 0 Å². The number of hydrogen-bond donors (Lipinski definition) is 1. The average molecular weight is 295 g/mol. The summed E-state index contributed by atoms with van der Waals surface area (Å²) in [5.41, 5.74) is 1.40. The Balaban J connectivity index is 2.22. The van der Waals surface area contributed by atoms with Crippen LogP contribution in [0, 0.1) is 6.92 Å². The molecule has 1 saturated heterocycles. The van der Waals surface area contributed by atoms with Crippen LogP contribution in [0.5, 0.6) is 0 Å². The van der Waals surface area contributed by atoms with Crippen molar-refractivity contribution in [2.75, 3.05) is 19.6 Å². The molecule has 2 heterocycles. The van der Waals surface area contributed by atoms with Crippen LogP contribution in [0.4, 0.5) is 0 Å². The summed E-state index contributed by atoms with van der Waals surface area (Å²) in [5.74, 6) is 0. The molecule has 2 rings (SSSR count). The van der Waals surface area contributed by atoms with E-state index in [9.17, 15) is 0 Å². The molecule has 1 aliphatic heterocycles. The minimum atomic E-state index is 0.114. The van der Waals surface area contributed by atoms with Crippen molar-refractivity contribution in [3.63, 3.8) is 0 Å². The van der Waals surface area contributed by atoms with Gasteiger partial charge in [0.25, 0.3) is 0 Å². The minimum absolute atomic E-state index is 0.114. The molecule has 0 bridgehead atoms. The molecule has 0 atom stereocenters. The van der Waals surface area contributed by atoms with E-state index in [1.54, 1.807) is 0 Å². The molecule has 1 fully saturated rings. The summed E-state index contributed by atoms with van der Waals surface area (Å²) >= 11 is 1.90. The smallest absolute Gasteiger partial charge is 0.113 e. The van der Waals surface area contributed by atoms with E-state index in [-0.39, 0.29) is 5.54 Å². The molecule has 0 aromatic carbocycles. The molecule has 0 radical (unpaired) electrons. The molecule has 0 aliphatic carbocycles. The van der Waals surface area contributed by atoms with E-state index in [4.69, 9.17) is 4.98 Å². The third-order valence-corrected chi connectivity index (χ3v) is 5.75. The second-order valence-corrected chi connectivity index (χ2v) is 7.32. The molecule has 1 N–H and O–H groups in total. The van der Waals surface area contributed by atoms with E-state index < -0.39 is 0 Å². The highest BCUT2D eigenvalue weighted by molar-refractivity contribution is 7.11. The van der Waals surface area contributed by atoms with Gasteiger partial charge in [-0.2, -0.15) is 0 Å². The van der Waals surface area contributed by atoms with Crippen LogP contribution in [-0.4, -0.2) is 35.6 Å². The van der Waals surface area contributed by atoms with Crippen molar-refractivity contribution in [1.82, 2.24) is 15.2 Å². The summed E-state index contributed by atoms with van der Waals surface area (Å²) in [6.45, 7) is 14.6. The van der Waals surface area contributed by atoms with Crippen LogP contribution >= 0.6 is 11.3 Å². The summed E-state index contributed by atoms with van der Waals surface area (Å²) in [4.78, 5) is 8.92. The third kappa shape index (κ3) is 3.07. The van der Waals surface area contributed by atoms with Crippen LogP contribution < -0.4 is 5.32 Å². The molecule has 0 saturated carbocycles. The molecule has 0 amide bonds. The van der Waals surface area contributed by atoms with Crippen LogP contribution in [0.1, 0.15) is 56.1 Å². The lowest BCUT2D eigenvalue weighted by Gasteiger charge is -2.42. The quantitative estimate of drug-likeness (QED) is 0.903. The van der Waals surface area contributed by atoms with Crippen LogP contribution in [-0.2, 0) is 12.0 Å². The Labute approximate surface area is 127 Å². The molecular weight excluding hydrogens is 266 g/mol. The summed E-state index contributed by atoms with van der Waals surface area (Å²) in [6.07, 6.45) is 3.40. The Hall–Kier alpha value is -0.450. The first-order valence-corrected chi connectivity index (χ1v) is 8.80. The van der Waals surface area contributed by atoms with E-state index in [0.717, 1.165) is 13.0 Å². The lowest BCUT2D eigenvalue weighted by Crippen LogP contribution is -2.52. The summed E-state index contributed by atoms with van der Waals surface area (Å²) in [7, 11) is 0. The Morgan fingerprint density at radius 1 is 1.30 bits per heavy atom. The molecule has 114 valence electrons. The van der Waals surface area contributed by atoms with Crippen molar-refractivity contribution in [2.45, 2.75) is 65.5 Å². The first-order chi connectivity index (χ1) is 9.52. The fraction of sp³-hybridized carbons (Fsp3) is 0.812. The van der Waals surface area contributed by atoms with Gasteiger partial charge in [-0.1, -0.05) is 13.8 Å². The van der Waals surface area contributed by atoms with Gasteiger partial charge in [0.05, 0.1) is 11.2 Å². The average Bonchev–Trinajstić information content (AvgIpc) is 2.81. The van der Waals surface area contributed by atoms with E-state index >= 15 is 0 Å². The maximum Gasteiger partial charge on any atom is 0.113 e. The van der Waals surface area contributed by atoms with Gasteiger partial charge in [0.2, 0.25) is 0 Å². The molecular formula is C16H29N3S. The maximum absolute atomic E-state index is 4.95. The fourth-order valence-corrected chi connectivity index (χ4v) is 4.41. The number of hydrogen-bond acceptors (Lipinski definition) is 4. The van der Waals surface area contributed by atoms with Gasteiger partial charge in [0.1, 0.15) is 5.01 Å². The topological polar surface area (TPSA) is 28.2 Å². The van der Waals surface area contributed by atoms with Gasteiger partial charge in [-0.25, -0.2) is 4.98 Å². The zero-order valence-corrected chi connectivity index (χ0v) is 14.4. The van der Waals surface area contributed by atoms with Gasteiger partial charge >= 0.3 is 0 Å². The SMILES string of the molecule is CCNC1(c2nc(CC)c(C)s2)CCN(C(C)C)CC1. The van der Waals surface area contributed by atoms with Gasteiger partial charge in [-0.3, -0.25) is 0 Å². The number of likely N-dealkylation sites (tertiary alicyclic amines) is 1. The minimum Gasteiger partial charge on any atom is -0.306 e. The predicted octanol–water partition coefficient (Wildman–Crippen LogP) is 3.32. The van der Waals surface area contributed by atoms with E-state index in [2.05, 4.69) is 44.8 Å². The number of nitrogens with one attached hydrogen (secondary N) is 1. The maximum atomic E-state index is 4.95. The summed E-state index contributed by atoms with van der Waals surface area (Å²) < 4.78 is 0.